The molecule has 1 unspecified atom stereocenters. The molecule has 20 heavy (non-hydrogen) atoms. The van der Waals surface area contributed by atoms with Gasteiger partial charge in [0.1, 0.15) is 5.75 Å². The second-order valence-electron chi connectivity index (χ2n) is 4.48. The molecule has 1 aromatic rings. The number of allylic oxidation sites excluding steroid dienone is 1. The van der Waals surface area contributed by atoms with E-state index in [9.17, 15) is 0 Å². The van der Waals surface area contributed by atoms with Crippen molar-refractivity contribution in [2.24, 2.45) is 0 Å². The van der Waals surface area contributed by atoms with Crippen molar-refractivity contribution < 1.29 is 9.47 Å². The van der Waals surface area contributed by atoms with E-state index in [1.807, 2.05) is 31.2 Å². The monoisotopic (exact) mass is 294 g/mol. The molecular weight excluding hydrogens is 272 g/mol. The van der Waals surface area contributed by atoms with Crippen molar-refractivity contribution in [2.75, 3.05) is 13.2 Å². The molecule has 0 N–H and O–H groups in total. The van der Waals surface area contributed by atoms with E-state index in [0.29, 0.717) is 17.7 Å². The van der Waals surface area contributed by atoms with Gasteiger partial charge in [-0.25, -0.2) is 0 Å². The van der Waals surface area contributed by atoms with Gasteiger partial charge >= 0.3 is 0 Å². The van der Waals surface area contributed by atoms with Crippen LogP contribution in [0.25, 0.3) is 0 Å². The third kappa shape index (κ3) is 7.37. The molecule has 0 aliphatic carbocycles. The number of rotatable bonds is 5. The summed E-state index contributed by atoms with van der Waals surface area (Å²) in [6, 6.07) is 7.46. The first-order chi connectivity index (χ1) is 9.76. The smallest absolute Gasteiger partial charge is 0.120 e. The third-order valence-electron chi connectivity index (χ3n) is 2.66. The minimum absolute atomic E-state index is 0.321. The first kappa shape index (κ1) is 16.8. The Morgan fingerprint density at radius 3 is 2.95 bits per heavy atom. The maximum atomic E-state index is 5.86. The summed E-state index contributed by atoms with van der Waals surface area (Å²) in [4.78, 5) is 0. The van der Waals surface area contributed by atoms with Crippen LogP contribution < -0.4 is 4.74 Å². The van der Waals surface area contributed by atoms with Crippen LogP contribution in [0.3, 0.4) is 0 Å². The van der Waals surface area contributed by atoms with Gasteiger partial charge in [0.25, 0.3) is 0 Å². The predicted molar refractivity (Wildman–Crippen MR) is 85.5 cm³/mol. The second kappa shape index (κ2) is 10.5. The Morgan fingerprint density at radius 2 is 2.30 bits per heavy atom. The van der Waals surface area contributed by atoms with Gasteiger partial charge in [0.15, 0.2) is 0 Å². The van der Waals surface area contributed by atoms with Gasteiger partial charge in [-0.2, -0.15) is 0 Å². The van der Waals surface area contributed by atoms with Crippen molar-refractivity contribution >= 4 is 11.6 Å². The molecule has 1 aliphatic heterocycles. The highest BCUT2D eigenvalue weighted by Crippen LogP contribution is 2.17. The Morgan fingerprint density at radius 1 is 1.50 bits per heavy atom. The van der Waals surface area contributed by atoms with Gasteiger partial charge in [-0.1, -0.05) is 35.9 Å². The average molecular weight is 295 g/mol. The van der Waals surface area contributed by atoms with Crippen molar-refractivity contribution in [3.63, 3.8) is 0 Å². The molecule has 1 saturated heterocycles. The van der Waals surface area contributed by atoms with E-state index in [4.69, 9.17) is 21.1 Å². The minimum atomic E-state index is 0.321. The highest BCUT2D eigenvalue weighted by atomic mass is 35.5. The van der Waals surface area contributed by atoms with Crippen LogP contribution in [0.15, 0.2) is 49.1 Å². The van der Waals surface area contributed by atoms with E-state index < -0.39 is 0 Å². The SMILES string of the molecule is C=CC.Clc1cccc(OCC/C=C/C2CCCO2)c1. The standard InChI is InChI=1S/C14H17ClO2.C3H6/c15-12-5-3-7-14(11-12)17-9-2-1-6-13-8-4-10-16-13;1-3-2/h1,3,5-7,11,13H,2,4,8-10H2;3H,1H2,2H3/b6-1+;. The van der Waals surface area contributed by atoms with E-state index in [1.165, 1.54) is 6.42 Å². The Hall–Kier alpha value is -1.25. The zero-order valence-electron chi connectivity index (χ0n) is 12.1. The van der Waals surface area contributed by atoms with Crippen molar-refractivity contribution in [3.05, 3.63) is 54.1 Å². The summed E-state index contributed by atoms with van der Waals surface area (Å²) >= 11 is 5.86. The van der Waals surface area contributed by atoms with Crippen LogP contribution in [0.2, 0.25) is 5.02 Å². The fourth-order valence-electron chi connectivity index (χ4n) is 1.80. The van der Waals surface area contributed by atoms with E-state index in [2.05, 4.69) is 18.7 Å². The van der Waals surface area contributed by atoms with Crippen LogP contribution in [-0.4, -0.2) is 19.3 Å². The van der Waals surface area contributed by atoms with Crippen LogP contribution in [0.5, 0.6) is 5.75 Å². The summed E-state index contributed by atoms with van der Waals surface area (Å²) in [6.45, 7) is 6.82. The Kier molecular flexibility index (Phi) is 8.84. The first-order valence-electron chi connectivity index (χ1n) is 7.00. The number of halogens is 1. The molecule has 3 heteroatoms. The zero-order chi connectivity index (χ0) is 14.6. The second-order valence-corrected chi connectivity index (χ2v) is 4.92. The molecule has 0 bridgehead atoms. The number of hydrogen-bond donors (Lipinski definition) is 0. The van der Waals surface area contributed by atoms with Crippen LogP contribution in [0, 0.1) is 0 Å². The maximum absolute atomic E-state index is 5.86. The number of ether oxygens (including phenoxy) is 2. The van der Waals surface area contributed by atoms with Crippen molar-refractivity contribution in [2.45, 2.75) is 32.3 Å². The summed E-state index contributed by atoms with van der Waals surface area (Å²) in [5.74, 6) is 0.822. The highest BCUT2D eigenvalue weighted by molar-refractivity contribution is 6.30. The minimum Gasteiger partial charge on any atom is -0.493 e. The summed E-state index contributed by atoms with van der Waals surface area (Å²) in [7, 11) is 0. The molecule has 1 fully saturated rings. The summed E-state index contributed by atoms with van der Waals surface area (Å²) in [5, 5.41) is 0.706. The fourth-order valence-corrected chi connectivity index (χ4v) is 1.98. The molecule has 110 valence electrons. The maximum Gasteiger partial charge on any atom is 0.120 e. The van der Waals surface area contributed by atoms with Crippen LogP contribution in [-0.2, 0) is 4.74 Å². The average Bonchev–Trinajstić information content (AvgIpc) is 2.92. The van der Waals surface area contributed by atoms with Crippen LogP contribution in [0.1, 0.15) is 26.2 Å². The van der Waals surface area contributed by atoms with E-state index in [1.54, 1.807) is 6.08 Å². The Bertz CT molecular complexity index is 409. The normalized spacial score (nSPS) is 17.6. The molecular formula is C17H23ClO2. The Labute approximate surface area is 127 Å². The molecule has 0 aromatic heterocycles. The van der Waals surface area contributed by atoms with Gasteiger partial charge in [-0.15, -0.1) is 6.58 Å². The molecule has 0 saturated carbocycles. The van der Waals surface area contributed by atoms with Crippen molar-refractivity contribution in [1.29, 1.82) is 0 Å². The molecule has 0 radical (unpaired) electrons. The predicted octanol–water partition coefficient (Wildman–Crippen LogP) is 5.04. The summed E-state index contributed by atoms with van der Waals surface area (Å²) < 4.78 is 11.1. The van der Waals surface area contributed by atoms with E-state index in [-0.39, 0.29) is 0 Å². The lowest BCUT2D eigenvalue weighted by Crippen LogP contribution is -2.00. The lowest BCUT2D eigenvalue weighted by Gasteiger charge is -2.05. The molecule has 1 aromatic carbocycles. The largest absolute Gasteiger partial charge is 0.493 e. The van der Waals surface area contributed by atoms with Gasteiger partial charge in [0, 0.05) is 11.6 Å². The lowest BCUT2D eigenvalue weighted by molar-refractivity contribution is 0.145. The number of benzene rings is 1. The summed E-state index contributed by atoms with van der Waals surface area (Å²) in [5.41, 5.74) is 0. The quantitative estimate of drug-likeness (QED) is 0.560. The van der Waals surface area contributed by atoms with E-state index in [0.717, 1.165) is 25.2 Å². The van der Waals surface area contributed by atoms with Gasteiger partial charge in [0.05, 0.1) is 12.7 Å². The van der Waals surface area contributed by atoms with Gasteiger partial charge in [-0.3, -0.25) is 0 Å². The molecule has 0 amide bonds. The molecule has 2 nitrogen and oxygen atoms in total. The highest BCUT2D eigenvalue weighted by Gasteiger charge is 2.10. The number of hydrogen-bond acceptors (Lipinski definition) is 2. The van der Waals surface area contributed by atoms with Crippen LogP contribution in [0.4, 0.5) is 0 Å². The van der Waals surface area contributed by atoms with Crippen molar-refractivity contribution in [3.8, 4) is 5.75 Å². The van der Waals surface area contributed by atoms with Crippen LogP contribution >= 0.6 is 11.6 Å². The Balaban J connectivity index is 0.000000612. The zero-order valence-corrected chi connectivity index (χ0v) is 12.8. The topological polar surface area (TPSA) is 18.5 Å². The molecule has 1 heterocycles. The molecule has 0 spiro atoms. The third-order valence-corrected chi connectivity index (χ3v) is 2.90. The molecule has 1 atom stereocenters. The fraction of sp³-hybridized carbons (Fsp3) is 0.412. The van der Waals surface area contributed by atoms with Gasteiger partial charge in [-0.05, 0) is 44.4 Å². The van der Waals surface area contributed by atoms with E-state index >= 15 is 0 Å². The van der Waals surface area contributed by atoms with Gasteiger partial charge < -0.3 is 9.47 Å². The first-order valence-corrected chi connectivity index (χ1v) is 7.37. The summed E-state index contributed by atoms with van der Waals surface area (Å²) in [6.07, 6.45) is 9.54. The molecule has 2 rings (SSSR count). The lowest BCUT2D eigenvalue weighted by atomic mass is 10.2. The van der Waals surface area contributed by atoms with Crippen molar-refractivity contribution in [1.82, 2.24) is 0 Å². The molecule has 1 aliphatic rings. The van der Waals surface area contributed by atoms with Gasteiger partial charge in [0.2, 0.25) is 0 Å².